The number of rotatable bonds is 3. The Labute approximate surface area is 156 Å². The summed E-state index contributed by atoms with van der Waals surface area (Å²) in [6, 6.07) is 10.2. The lowest BCUT2D eigenvalue weighted by molar-refractivity contribution is -0.191. The average molecular weight is 361 g/mol. The van der Waals surface area contributed by atoms with Crippen LogP contribution in [0.15, 0.2) is 48.9 Å². The Morgan fingerprint density at radius 3 is 2.59 bits per heavy atom. The van der Waals surface area contributed by atoms with Crippen LogP contribution in [0.4, 0.5) is 0 Å². The second kappa shape index (κ2) is 7.76. The largest absolute Gasteiger partial charge is 0.373 e. The Kier molecular flexibility index (Phi) is 5.24. The van der Waals surface area contributed by atoms with E-state index >= 15 is 0 Å². The molecule has 0 bridgehead atoms. The molecule has 0 aromatic carbocycles. The van der Waals surface area contributed by atoms with Crippen molar-refractivity contribution in [1.82, 2.24) is 24.1 Å². The molecule has 0 saturated carbocycles. The van der Waals surface area contributed by atoms with Crippen molar-refractivity contribution in [3.63, 3.8) is 0 Å². The van der Waals surface area contributed by atoms with Gasteiger partial charge in [-0.3, -0.25) is 9.67 Å². The van der Waals surface area contributed by atoms with Crippen LogP contribution in [0.25, 0.3) is 28.2 Å². The highest BCUT2D eigenvalue weighted by molar-refractivity contribution is 5.79. The molecular weight excluding hydrogens is 342 g/mol. The van der Waals surface area contributed by atoms with E-state index in [-0.39, 0.29) is 6.15 Å². The number of nitrogens with zero attached hydrogens (tertiary/aromatic N) is 5. The van der Waals surface area contributed by atoms with E-state index < -0.39 is 0 Å². The molecule has 0 radical (unpaired) electrons. The van der Waals surface area contributed by atoms with Gasteiger partial charge < -0.3 is 4.40 Å². The number of aromatic nitrogens is 5. The smallest absolute Gasteiger partial charge is 0.303 e. The van der Waals surface area contributed by atoms with Gasteiger partial charge in [-0.1, -0.05) is 13.0 Å². The van der Waals surface area contributed by atoms with Crippen molar-refractivity contribution in [2.75, 3.05) is 0 Å². The summed E-state index contributed by atoms with van der Waals surface area (Å²) in [6.45, 7) is 4.14. The maximum atomic E-state index is 8.12. The fourth-order valence-corrected chi connectivity index (χ4v) is 3.02. The second-order valence-electron chi connectivity index (χ2n) is 6.06. The maximum absolute atomic E-state index is 8.12. The Hall–Kier alpha value is -3.57. The number of hydrogen-bond acceptors (Lipinski definition) is 5. The molecule has 0 saturated heterocycles. The van der Waals surface area contributed by atoms with E-state index in [4.69, 9.17) is 9.59 Å². The Morgan fingerprint density at radius 1 is 1.11 bits per heavy atom. The first kappa shape index (κ1) is 18.2. The monoisotopic (exact) mass is 361 g/mol. The minimum absolute atomic E-state index is 0.250. The predicted molar refractivity (Wildman–Crippen MR) is 99.7 cm³/mol. The van der Waals surface area contributed by atoms with E-state index in [1.165, 1.54) is 5.69 Å². The van der Waals surface area contributed by atoms with E-state index in [1.54, 1.807) is 0 Å². The molecule has 27 heavy (non-hydrogen) atoms. The molecule has 4 heterocycles. The Balaban J connectivity index is 0.000000659. The van der Waals surface area contributed by atoms with E-state index in [1.807, 2.05) is 49.2 Å². The highest BCUT2D eigenvalue weighted by Gasteiger charge is 2.14. The van der Waals surface area contributed by atoms with Crippen LogP contribution in [0.5, 0.6) is 0 Å². The van der Waals surface area contributed by atoms with Crippen LogP contribution >= 0.6 is 0 Å². The van der Waals surface area contributed by atoms with Crippen molar-refractivity contribution in [3.8, 4) is 22.5 Å². The lowest BCUT2D eigenvalue weighted by Gasteiger charge is -2.05. The molecule has 7 heteroatoms. The molecule has 0 atom stereocenters. The number of pyridine rings is 2. The highest BCUT2D eigenvalue weighted by Crippen LogP contribution is 2.30. The lowest BCUT2D eigenvalue weighted by atomic mass is 10.1. The van der Waals surface area contributed by atoms with Gasteiger partial charge in [0.25, 0.3) is 0 Å². The molecule has 7 nitrogen and oxygen atoms in total. The zero-order valence-corrected chi connectivity index (χ0v) is 15.4. The number of fused-ring (bicyclic) bond motifs is 1. The van der Waals surface area contributed by atoms with E-state index in [2.05, 4.69) is 44.7 Å². The van der Waals surface area contributed by atoms with Crippen molar-refractivity contribution in [2.45, 2.75) is 20.3 Å². The van der Waals surface area contributed by atoms with Gasteiger partial charge in [-0.2, -0.15) is 14.7 Å². The van der Waals surface area contributed by atoms with Crippen molar-refractivity contribution in [3.05, 3.63) is 60.3 Å². The van der Waals surface area contributed by atoms with Crippen LogP contribution in [-0.2, 0) is 23.1 Å². The van der Waals surface area contributed by atoms with Gasteiger partial charge in [0, 0.05) is 48.2 Å². The van der Waals surface area contributed by atoms with Gasteiger partial charge in [0.1, 0.15) is 11.3 Å². The van der Waals surface area contributed by atoms with Crippen LogP contribution < -0.4 is 0 Å². The summed E-state index contributed by atoms with van der Waals surface area (Å²) in [4.78, 5) is 25.3. The van der Waals surface area contributed by atoms with Gasteiger partial charge in [-0.25, -0.2) is 4.98 Å². The molecular formula is C20H19N5O2. The van der Waals surface area contributed by atoms with Crippen molar-refractivity contribution in [1.29, 1.82) is 0 Å². The third kappa shape index (κ3) is 3.68. The van der Waals surface area contributed by atoms with Crippen molar-refractivity contribution >= 4 is 11.8 Å². The zero-order chi connectivity index (χ0) is 19.4. The number of imidazole rings is 1. The summed E-state index contributed by atoms with van der Waals surface area (Å²) in [6.07, 6.45) is 7.32. The van der Waals surface area contributed by atoms with Gasteiger partial charge >= 0.3 is 6.15 Å². The van der Waals surface area contributed by atoms with Gasteiger partial charge in [-0.05, 0) is 37.6 Å². The van der Waals surface area contributed by atoms with Gasteiger partial charge in [0.2, 0.25) is 0 Å². The molecule has 0 aliphatic rings. The summed E-state index contributed by atoms with van der Waals surface area (Å²) in [5.74, 6) is 0. The summed E-state index contributed by atoms with van der Waals surface area (Å²) in [7, 11) is 1.94. The highest BCUT2D eigenvalue weighted by atomic mass is 16.2. The van der Waals surface area contributed by atoms with E-state index in [0.29, 0.717) is 0 Å². The summed E-state index contributed by atoms with van der Waals surface area (Å²) in [5.41, 5.74) is 7.14. The Morgan fingerprint density at radius 2 is 1.89 bits per heavy atom. The first-order valence-corrected chi connectivity index (χ1v) is 8.50. The molecule has 0 fully saturated rings. The normalized spacial score (nSPS) is 10.3. The van der Waals surface area contributed by atoms with Crippen LogP contribution in [0.3, 0.4) is 0 Å². The third-order valence-electron chi connectivity index (χ3n) is 4.22. The van der Waals surface area contributed by atoms with Crippen molar-refractivity contribution in [2.24, 2.45) is 7.05 Å². The topological polar surface area (TPSA) is 82.2 Å². The first-order valence-electron chi connectivity index (χ1n) is 8.50. The molecule has 4 aromatic rings. The molecule has 0 aliphatic heterocycles. The quantitative estimate of drug-likeness (QED) is 0.560. The molecule has 0 amide bonds. The fraction of sp³-hybridized carbons (Fsp3) is 0.200. The van der Waals surface area contributed by atoms with Crippen LogP contribution in [-0.4, -0.2) is 30.3 Å². The predicted octanol–water partition coefficient (Wildman–Crippen LogP) is 3.08. The molecule has 4 aromatic heterocycles. The second-order valence-corrected chi connectivity index (χ2v) is 6.06. The zero-order valence-electron chi connectivity index (χ0n) is 15.4. The summed E-state index contributed by atoms with van der Waals surface area (Å²) < 4.78 is 3.99. The molecule has 136 valence electrons. The summed E-state index contributed by atoms with van der Waals surface area (Å²) >= 11 is 0. The average Bonchev–Trinajstić information content (AvgIpc) is 3.25. The van der Waals surface area contributed by atoms with Crippen LogP contribution in [0, 0.1) is 6.92 Å². The van der Waals surface area contributed by atoms with E-state index in [9.17, 15) is 0 Å². The third-order valence-corrected chi connectivity index (χ3v) is 4.22. The lowest BCUT2D eigenvalue weighted by Crippen LogP contribution is -1.93. The molecule has 0 spiro atoms. The molecule has 0 N–H and O–H groups in total. The van der Waals surface area contributed by atoms with Crippen LogP contribution in [0.2, 0.25) is 0 Å². The van der Waals surface area contributed by atoms with Gasteiger partial charge in [-0.15, -0.1) is 0 Å². The molecule has 0 aliphatic carbocycles. The summed E-state index contributed by atoms with van der Waals surface area (Å²) in [5, 5.41) is 4.64. The van der Waals surface area contributed by atoms with E-state index in [0.717, 1.165) is 40.3 Å². The first-order chi connectivity index (χ1) is 13.1. The number of hydrogen-bond donors (Lipinski definition) is 0. The molecule has 4 rings (SSSR count). The minimum atomic E-state index is 0.250. The SMILES string of the molecule is CCc1cnc2ccc(-c3cn(C)nc3-c3cccc(C)n3)cn12.O=C=O. The van der Waals surface area contributed by atoms with Gasteiger partial charge in [0.15, 0.2) is 0 Å². The van der Waals surface area contributed by atoms with Crippen LogP contribution in [0.1, 0.15) is 18.3 Å². The standard InChI is InChI=1S/C19H19N5.CO2/c1-4-15-10-20-18-9-8-14(11-24(15)18)16-12-23(3)22-19(16)17-7-5-6-13(2)21-17;2-1-3/h5-12H,4H2,1-3H3;. The Bertz CT molecular complexity index is 1120. The minimum Gasteiger partial charge on any atom is -0.303 e. The number of aryl methyl sites for hydroxylation is 3. The molecule has 0 unspecified atom stereocenters. The maximum Gasteiger partial charge on any atom is 0.373 e. The van der Waals surface area contributed by atoms with Crippen molar-refractivity contribution < 1.29 is 9.59 Å². The van der Waals surface area contributed by atoms with Gasteiger partial charge in [0.05, 0.1) is 5.69 Å². The fourth-order valence-electron chi connectivity index (χ4n) is 3.02. The number of carbonyl (C=O) groups excluding carboxylic acids is 2.